The van der Waals surface area contributed by atoms with Crippen LogP contribution in [0, 0.1) is 0 Å². The summed E-state index contributed by atoms with van der Waals surface area (Å²) in [6.45, 7) is 3.57. The molecule has 0 unspecified atom stereocenters. The fraction of sp³-hybridized carbons (Fsp3) is 0.462. The van der Waals surface area contributed by atoms with Gasteiger partial charge in [-0.2, -0.15) is 0 Å². The first-order valence-electron chi connectivity index (χ1n) is 5.88. The summed E-state index contributed by atoms with van der Waals surface area (Å²) in [4.78, 5) is 10.8. The van der Waals surface area contributed by atoms with Crippen molar-refractivity contribution in [2.75, 3.05) is 19.8 Å². The van der Waals surface area contributed by atoms with Crippen molar-refractivity contribution in [1.29, 1.82) is 0 Å². The Hall–Kier alpha value is -1.71. The highest BCUT2D eigenvalue weighted by atomic mass is 16.5. The Bertz CT molecular complexity index is 404. The molecule has 0 saturated heterocycles. The van der Waals surface area contributed by atoms with Gasteiger partial charge >= 0.3 is 0 Å². The molecule has 2 rings (SSSR count). The molecule has 1 aliphatic rings. The molecule has 4 heteroatoms. The van der Waals surface area contributed by atoms with Crippen molar-refractivity contribution >= 4 is 5.91 Å². The van der Waals surface area contributed by atoms with Gasteiger partial charge in [0, 0.05) is 19.9 Å². The van der Waals surface area contributed by atoms with E-state index in [1.807, 2.05) is 18.2 Å². The molecule has 0 saturated carbocycles. The second-order valence-corrected chi connectivity index (χ2v) is 4.06. The summed E-state index contributed by atoms with van der Waals surface area (Å²) in [5.41, 5.74) is 1.14. The predicted molar refractivity (Wildman–Crippen MR) is 64.4 cm³/mol. The molecule has 0 radical (unpaired) electrons. The van der Waals surface area contributed by atoms with E-state index < -0.39 is 0 Å². The van der Waals surface area contributed by atoms with Crippen molar-refractivity contribution in [2.45, 2.75) is 19.8 Å². The number of rotatable bonds is 3. The van der Waals surface area contributed by atoms with Crippen LogP contribution in [0.25, 0.3) is 0 Å². The van der Waals surface area contributed by atoms with Crippen LogP contribution < -0.4 is 14.8 Å². The number of benzene rings is 1. The maximum Gasteiger partial charge on any atom is 0.216 e. The molecule has 0 atom stereocenters. The van der Waals surface area contributed by atoms with Crippen LogP contribution in [-0.2, 0) is 11.2 Å². The van der Waals surface area contributed by atoms with E-state index in [9.17, 15) is 4.79 Å². The van der Waals surface area contributed by atoms with Gasteiger partial charge in [0.05, 0.1) is 13.2 Å². The van der Waals surface area contributed by atoms with Crippen LogP contribution in [0.3, 0.4) is 0 Å². The monoisotopic (exact) mass is 235 g/mol. The minimum Gasteiger partial charge on any atom is -0.490 e. The van der Waals surface area contributed by atoms with Crippen molar-refractivity contribution in [3.63, 3.8) is 0 Å². The number of carbonyl (C=O) groups is 1. The summed E-state index contributed by atoms with van der Waals surface area (Å²) >= 11 is 0. The maximum atomic E-state index is 10.8. The molecule has 1 aromatic carbocycles. The third kappa shape index (κ3) is 3.37. The van der Waals surface area contributed by atoms with Crippen LogP contribution in [0.2, 0.25) is 0 Å². The fourth-order valence-electron chi connectivity index (χ4n) is 1.75. The van der Waals surface area contributed by atoms with Gasteiger partial charge in [-0.1, -0.05) is 6.07 Å². The number of hydrogen-bond donors (Lipinski definition) is 1. The van der Waals surface area contributed by atoms with Gasteiger partial charge < -0.3 is 14.8 Å². The van der Waals surface area contributed by atoms with Crippen molar-refractivity contribution in [3.05, 3.63) is 23.8 Å². The number of nitrogens with one attached hydrogen (secondary N) is 1. The average molecular weight is 235 g/mol. The minimum atomic E-state index is -0.000608. The lowest BCUT2D eigenvalue weighted by molar-refractivity contribution is -0.118. The molecule has 1 aliphatic heterocycles. The van der Waals surface area contributed by atoms with Crippen LogP contribution in [0.4, 0.5) is 0 Å². The molecule has 1 heterocycles. The van der Waals surface area contributed by atoms with Gasteiger partial charge in [-0.05, 0) is 24.1 Å². The summed E-state index contributed by atoms with van der Waals surface area (Å²) in [6.07, 6.45) is 1.71. The zero-order chi connectivity index (χ0) is 12.1. The lowest BCUT2D eigenvalue weighted by atomic mass is 10.1. The second-order valence-electron chi connectivity index (χ2n) is 4.06. The van der Waals surface area contributed by atoms with E-state index in [2.05, 4.69) is 5.32 Å². The smallest absolute Gasteiger partial charge is 0.216 e. The van der Waals surface area contributed by atoms with Crippen LogP contribution in [0.15, 0.2) is 18.2 Å². The maximum absolute atomic E-state index is 10.8. The predicted octanol–water partition coefficient (Wildman–Crippen LogP) is 1.53. The Kier molecular flexibility index (Phi) is 3.85. The van der Waals surface area contributed by atoms with Crippen LogP contribution in [-0.4, -0.2) is 25.7 Å². The fourth-order valence-corrected chi connectivity index (χ4v) is 1.75. The molecule has 1 amide bonds. The largest absolute Gasteiger partial charge is 0.490 e. The highest BCUT2D eigenvalue weighted by Gasteiger charge is 2.10. The van der Waals surface area contributed by atoms with E-state index in [-0.39, 0.29) is 5.91 Å². The number of carbonyl (C=O) groups excluding carboxylic acids is 1. The summed E-state index contributed by atoms with van der Waals surface area (Å²) in [7, 11) is 0. The Labute approximate surface area is 101 Å². The third-order valence-electron chi connectivity index (χ3n) is 2.60. The second kappa shape index (κ2) is 5.57. The highest BCUT2D eigenvalue weighted by Crippen LogP contribution is 2.30. The molecule has 0 fully saturated rings. The Morgan fingerprint density at radius 3 is 2.82 bits per heavy atom. The molecule has 0 bridgehead atoms. The van der Waals surface area contributed by atoms with E-state index in [0.29, 0.717) is 19.8 Å². The number of fused-ring (bicyclic) bond motifs is 1. The molecule has 0 aliphatic carbocycles. The molecular weight excluding hydrogens is 218 g/mol. The van der Waals surface area contributed by atoms with Crippen molar-refractivity contribution in [2.24, 2.45) is 0 Å². The number of ether oxygens (including phenoxy) is 2. The summed E-state index contributed by atoms with van der Waals surface area (Å²) < 4.78 is 11.2. The number of hydrogen-bond acceptors (Lipinski definition) is 3. The first kappa shape index (κ1) is 11.8. The minimum absolute atomic E-state index is 0.000608. The van der Waals surface area contributed by atoms with Crippen molar-refractivity contribution < 1.29 is 14.3 Å². The lowest BCUT2D eigenvalue weighted by Crippen LogP contribution is -2.22. The summed E-state index contributed by atoms with van der Waals surface area (Å²) in [6, 6.07) is 5.93. The third-order valence-corrected chi connectivity index (χ3v) is 2.60. The quantitative estimate of drug-likeness (QED) is 0.864. The van der Waals surface area contributed by atoms with E-state index in [1.165, 1.54) is 6.92 Å². The first-order chi connectivity index (χ1) is 8.25. The topological polar surface area (TPSA) is 47.6 Å². The van der Waals surface area contributed by atoms with E-state index in [4.69, 9.17) is 9.47 Å². The average Bonchev–Trinajstić information content (AvgIpc) is 2.53. The molecule has 0 spiro atoms. The molecule has 1 N–H and O–H groups in total. The van der Waals surface area contributed by atoms with Gasteiger partial charge in [-0.15, -0.1) is 0 Å². The molecule has 4 nitrogen and oxygen atoms in total. The zero-order valence-corrected chi connectivity index (χ0v) is 9.99. The first-order valence-corrected chi connectivity index (χ1v) is 5.88. The zero-order valence-electron chi connectivity index (χ0n) is 9.99. The molecular formula is C13H17NO3. The summed E-state index contributed by atoms with van der Waals surface area (Å²) in [5, 5.41) is 2.78. The molecule has 17 heavy (non-hydrogen) atoms. The van der Waals surface area contributed by atoms with E-state index >= 15 is 0 Å². The van der Waals surface area contributed by atoms with Gasteiger partial charge in [0.25, 0.3) is 0 Å². The Morgan fingerprint density at radius 1 is 1.29 bits per heavy atom. The van der Waals surface area contributed by atoms with Gasteiger partial charge in [-0.3, -0.25) is 4.79 Å². The van der Waals surface area contributed by atoms with Crippen molar-refractivity contribution in [1.82, 2.24) is 5.32 Å². The normalized spacial score (nSPS) is 13.9. The Balaban J connectivity index is 1.99. The number of amides is 1. The van der Waals surface area contributed by atoms with Gasteiger partial charge in [-0.25, -0.2) is 0 Å². The summed E-state index contributed by atoms with van der Waals surface area (Å²) in [5.74, 6) is 1.62. The van der Waals surface area contributed by atoms with Gasteiger partial charge in [0.2, 0.25) is 5.91 Å². The van der Waals surface area contributed by atoms with Gasteiger partial charge in [0.15, 0.2) is 11.5 Å². The SMILES string of the molecule is CC(=O)NCCc1ccc2c(c1)OCCCO2. The van der Waals surface area contributed by atoms with E-state index in [1.54, 1.807) is 0 Å². The van der Waals surface area contributed by atoms with Crippen LogP contribution in [0.1, 0.15) is 18.9 Å². The van der Waals surface area contributed by atoms with Crippen LogP contribution in [0.5, 0.6) is 11.5 Å². The van der Waals surface area contributed by atoms with Crippen LogP contribution >= 0.6 is 0 Å². The standard InChI is InChI=1S/C13H17NO3/c1-10(15)14-6-5-11-3-4-12-13(9-11)17-8-2-7-16-12/h3-4,9H,2,5-8H2,1H3,(H,14,15). The van der Waals surface area contributed by atoms with E-state index in [0.717, 1.165) is 29.9 Å². The Morgan fingerprint density at radius 2 is 2.06 bits per heavy atom. The lowest BCUT2D eigenvalue weighted by Gasteiger charge is -2.09. The highest BCUT2D eigenvalue weighted by molar-refractivity contribution is 5.72. The molecule has 1 aromatic rings. The van der Waals surface area contributed by atoms with Crippen molar-refractivity contribution in [3.8, 4) is 11.5 Å². The molecule has 92 valence electrons. The van der Waals surface area contributed by atoms with Gasteiger partial charge in [0.1, 0.15) is 0 Å². The molecule has 0 aromatic heterocycles.